The smallest absolute Gasteiger partial charge is 0.252 e. The van der Waals surface area contributed by atoms with Crippen LogP contribution < -0.4 is 0 Å². The molecule has 0 amide bonds. The van der Waals surface area contributed by atoms with Crippen LogP contribution in [-0.4, -0.2) is 4.92 Å². The van der Waals surface area contributed by atoms with Crippen molar-refractivity contribution in [3.63, 3.8) is 0 Å². The van der Waals surface area contributed by atoms with Gasteiger partial charge in [-0.05, 0) is 12.1 Å². The average Bonchev–Trinajstić information content (AvgIpc) is 2.60. The van der Waals surface area contributed by atoms with Gasteiger partial charge in [-0.15, -0.1) is 0 Å². The van der Waals surface area contributed by atoms with Crippen molar-refractivity contribution in [2.24, 2.45) is 5.92 Å². The Bertz CT molecular complexity index is 377. The highest BCUT2D eigenvalue weighted by atomic mass is 16.6. The summed E-state index contributed by atoms with van der Waals surface area (Å²) in [6, 6.07) is 3.59. The topological polar surface area (TPSA) is 56.3 Å². The molecule has 1 rings (SSSR count). The molecule has 0 radical (unpaired) electrons. The Morgan fingerprint density at radius 3 is 2.67 bits per heavy atom. The van der Waals surface area contributed by atoms with E-state index in [2.05, 4.69) is 0 Å². The van der Waals surface area contributed by atoms with Gasteiger partial charge in [0, 0.05) is 12.3 Å². The molecule has 0 aliphatic heterocycles. The van der Waals surface area contributed by atoms with Crippen LogP contribution in [0.2, 0.25) is 0 Å². The van der Waals surface area contributed by atoms with Crippen molar-refractivity contribution in [1.29, 1.82) is 0 Å². The van der Waals surface area contributed by atoms with Gasteiger partial charge in [0.25, 0.3) is 5.70 Å². The molecule has 0 unspecified atom stereocenters. The first kappa shape index (κ1) is 11.5. The van der Waals surface area contributed by atoms with Crippen molar-refractivity contribution in [3.8, 4) is 0 Å². The minimum Gasteiger partial charge on any atom is -0.461 e. The zero-order chi connectivity index (χ0) is 11.4. The van der Waals surface area contributed by atoms with Crippen LogP contribution in [0.3, 0.4) is 0 Å². The van der Waals surface area contributed by atoms with Gasteiger partial charge in [-0.1, -0.05) is 20.8 Å². The van der Waals surface area contributed by atoms with Gasteiger partial charge in [0.05, 0.1) is 11.0 Å². The lowest BCUT2D eigenvalue weighted by Gasteiger charge is -1.99. The normalized spacial score (nSPS) is 12.1. The largest absolute Gasteiger partial charge is 0.461 e. The Hall–Kier alpha value is -1.58. The molecule has 0 saturated carbocycles. The third kappa shape index (κ3) is 2.94. The van der Waals surface area contributed by atoms with E-state index in [1.54, 1.807) is 19.9 Å². The van der Waals surface area contributed by atoms with E-state index in [0.29, 0.717) is 5.76 Å². The Kier molecular flexibility index (Phi) is 3.66. The first-order valence-corrected chi connectivity index (χ1v) is 4.99. The Balaban J connectivity index is 2.97. The van der Waals surface area contributed by atoms with Crippen molar-refractivity contribution in [2.75, 3.05) is 0 Å². The van der Waals surface area contributed by atoms with Gasteiger partial charge in [0.15, 0.2) is 0 Å². The summed E-state index contributed by atoms with van der Waals surface area (Å²) in [7, 11) is 0. The fraction of sp³-hybridized carbons (Fsp3) is 0.455. The van der Waals surface area contributed by atoms with E-state index < -0.39 is 0 Å². The number of nitro groups is 1. The van der Waals surface area contributed by atoms with Gasteiger partial charge in [-0.25, -0.2) is 0 Å². The van der Waals surface area contributed by atoms with Crippen LogP contribution in [0.4, 0.5) is 0 Å². The lowest BCUT2D eigenvalue weighted by Crippen LogP contribution is -2.05. The molecule has 0 N–H and O–H groups in total. The predicted octanol–water partition coefficient (Wildman–Crippen LogP) is 3.12. The molecular formula is C11H15NO3. The summed E-state index contributed by atoms with van der Waals surface area (Å²) in [4.78, 5) is 10.4. The van der Waals surface area contributed by atoms with Crippen LogP contribution in [0.5, 0.6) is 0 Å². The molecule has 0 saturated heterocycles. The Morgan fingerprint density at radius 1 is 1.60 bits per heavy atom. The third-order valence-corrected chi connectivity index (χ3v) is 2.12. The van der Waals surface area contributed by atoms with Gasteiger partial charge in [-0.2, -0.15) is 0 Å². The number of hydrogen-bond acceptors (Lipinski definition) is 3. The number of aryl methyl sites for hydroxylation is 1. The molecule has 1 aromatic rings. The molecule has 1 heterocycles. The van der Waals surface area contributed by atoms with E-state index >= 15 is 0 Å². The molecule has 0 atom stereocenters. The van der Waals surface area contributed by atoms with E-state index in [0.717, 1.165) is 12.2 Å². The SMILES string of the molecule is CCc1ccc(/C=C(/C(C)C)[N+](=O)[O-])o1. The maximum absolute atomic E-state index is 10.7. The molecule has 82 valence electrons. The van der Waals surface area contributed by atoms with E-state index in [-0.39, 0.29) is 16.5 Å². The molecule has 0 aliphatic carbocycles. The summed E-state index contributed by atoms with van der Waals surface area (Å²) in [5.41, 5.74) is 0.173. The molecule has 0 bridgehead atoms. The zero-order valence-electron chi connectivity index (χ0n) is 9.19. The summed E-state index contributed by atoms with van der Waals surface area (Å²) in [5.74, 6) is 1.27. The van der Waals surface area contributed by atoms with E-state index in [1.807, 2.05) is 13.0 Å². The van der Waals surface area contributed by atoms with E-state index in [1.165, 1.54) is 6.08 Å². The van der Waals surface area contributed by atoms with E-state index in [4.69, 9.17) is 4.42 Å². The summed E-state index contributed by atoms with van der Waals surface area (Å²) in [5, 5.41) is 10.7. The van der Waals surface area contributed by atoms with Crippen molar-refractivity contribution in [3.05, 3.63) is 39.5 Å². The second-order valence-corrected chi connectivity index (χ2v) is 3.64. The highest BCUT2D eigenvalue weighted by Crippen LogP contribution is 2.17. The number of nitrogens with zero attached hydrogens (tertiary/aromatic N) is 1. The summed E-state index contributed by atoms with van der Waals surface area (Å²) in [6.45, 7) is 5.56. The molecule has 4 heteroatoms. The fourth-order valence-electron chi connectivity index (χ4n) is 1.24. The molecule has 0 aliphatic rings. The second-order valence-electron chi connectivity index (χ2n) is 3.64. The van der Waals surface area contributed by atoms with Gasteiger partial charge < -0.3 is 4.42 Å². The summed E-state index contributed by atoms with van der Waals surface area (Å²) < 4.78 is 5.38. The molecule has 0 fully saturated rings. The Morgan fingerprint density at radius 2 is 2.27 bits per heavy atom. The van der Waals surface area contributed by atoms with Gasteiger partial charge in [0.2, 0.25) is 0 Å². The van der Waals surface area contributed by atoms with Crippen LogP contribution in [0, 0.1) is 16.0 Å². The average molecular weight is 209 g/mol. The number of furan rings is 1. The van der Waals surface area contributed by atoms with Crippen LogP contribution in [-0.2, 0) is 6.42 Å². The molecule has 1 aromatic heterocycles. The summed E-state index contributed by atoms with van der Waals surface area (Å²) >= 11 is 0. The lowest BCUT2D eigenvalue weighted by molar-refractivity contribution is -0.431. The van der Waals surface area contributed by atoms with Crippen LogP contribution in [0.15, 0.2) is 22.2 Å². The molecule has 0 spiro atoms. The second kappa shape index (κ2) is 4.77. The number of hydrogen-bond donors (Lipinski definition) is 0. The first-order valence-electron chi connectivity index (χ1n) is 4.99. The predicted molar refractivity (Wildman–Crippen MR) is 57.9 cm³/mol. The van der Waals surface area contributed by atoms with Crippen molar-refractivity contribution >= 4 is 6.08 Å². The molecular weight excluding hydrogens is 194 g/mol. The monoisotopic (exact) mass is 209 g/mol. The quantitative estimate of drug-likeness (QED) is 0.565. The summed E-state index contributed by atoms with van der Waals surface area (Å²) in [6.07, 6.45) is 2.28. The zero-order valence-corrected chi connectivity index (χ0v) is 9.19. The maximum Gasteiger partial charge on any atom is 0.252 e. The highest BCUT2D eigenvalue weighted by molar-refractivity contribution is 5.45. The van der Waals surface area contributed by atoms with Gasteiger partial charge in [0.1, 0.15) is 11.5 Å². The minimum atomic E-state index is -0.362. The number of allylic oxidation sites excluding steroid dienone is 1. The van der Waals surface area contributed by atoms with Gasteiger partial charge >= 0.3 is 0 Å². The number of rotatable bonds is 4. The van der Waals surface area contributed by atoms with Crippen molar-refractivity contribution in [1.82, 2.24) is 0 Å². The third-order valence-electron chi connectivity index (χ3n) is 2.12. The minimum absolute atomic E-state index is 0.116. The van der Waals surface area contributed by atoms with E-state index in [9.17, 15) is 10.1 Å². The molecule has 15 heavy (non-hydrogen) atoms. The standard InChI is InChI=1S/C11H15NO3/c1-4-9-5-6-10(15-9)7-11(8(2)3)12(13)14/h5-8H,4H2,1-3H3/b11-7-. The Labute approximate surface area is 88.7 Å². The molecule has 4 nitrogen and oxygen atoms in total. The molecule has 0 aromatic carbocycles. The van der Waals surface area contributed by atoms with Crippen LogP contribution in [0.25, 0.3) is 6.08 Å². The van der Waals surface area contributed by atoms with Crippen molar-refractivity contribution < 1.29 is 9.34 Å². The lowest BCUT2D eigenvalue weighted by atomic mass is 10.1. The van der Waals surface area contributed by atoms with Crippen LogP contribution in [0.1, 0.15) is 32.3 Å². The van der Waals surface area contributed by atoms with Gasteiger partial charge in [-0.3, -0.25) is 10.1 Å². The highest BCUT2D eigenvalue weighted by Gasteiger charge is 2.16. The fourth-order valence-corrected chi connectivity index (χ4v) is 1.24. The van der Waals surface area contributed by atoms with Crippen LogP contribution >= 0.6 is 0 Å². The maximum atomic E-state index is 10.7. The van der Waals surface area contributed by atoms with Crippen molar-refractivity contribution in [2.45, 2.75) is 27.2 Å². The first-order chi connectivity index (χ1) is 7.04.